The number of nitrogens with one attached hydrogen (secondary N) is 1. The molecule has 0 aliphatic carbocycles. The first-order chi connectivity index (χ1) is 12.6. The second kappa shape index (κ2) is 9.01. The van der Waals surface area contributed by atoms with Crippen LogP contribution in [0.3, 0.4) is 0 Å². The fourth-order valence-electron chi connectivity index (χ4n) is 2.62. The average molecular weight is 383 g/mol. The third-order valence-electron chi connectivity index (χ3n) is 3.78. The van der Waals surface area contributed by atoms with Crippen LogP contribution < -0.4 is 5.32 Å². The molecule has 3 rings (SSSR count). The molecule has 0 aliphatic heterocycles. The van der Waals surface area contributed by atoms with Crippen LogP contribution in [0.1, 0.15) is 25.0 Å². The summed E-state index contributed by atoms with van der Waals surface area (Å²) < 4.78 is 0. The molecule has 0 atom stereocenters. The van der Waals surface area contributed by atoms with Crippen LogP contribution in [0.4, 0.5) is 0 Å². The zero-order valence-corrected chi connectivity index (χ0v) is 16.6. The first kappa shape index (κ1) is 18.7. The summed E-state index contributed by atoms with van der Waals surface area (Å²) in [7, 11) is 0. The number of rotatable bonds is 7. The molecule has 3 nitrogen and oxygen atoms in total. The third-order valence-corrected chi connectivity index (χ3v) is 5.67. The molecule has 2 aromatic heterocycles. The molecule has 0 saturated heterocycles. The van der Waals surface area contributed by atoms with E-state index in [4.69, 9.17) is 0 Å². The van der Waals surface area contributed by atoms with Crippen LogP contribution >= 0.6 is 23.1 Å². The van der Waals surface area contributed by atoms with Crippen LogP contribution in [0.25, 0.3) is 10.6 Å². The lowest BCUT2D eigenvalue weighted by Crippen LogP contribution is -2.24. The molecular formula is C21H22N2OS2. The Labute approximate surface area is 162 Å². The fraction of sp³-hybridized carbons (Fsp3) is 0.238. The molecule has 3 aromatic rings. The Morgan fingerprint density at radius 1 is 1.15 bits per heavy atom. The maximum Gasteiger partial charge on any atom is 0.224 e. The predicted octanol–water partition coefficient (Wildman–Crippen LogP) is 5.17. The van der Waals surface area contributed by atoms with E-state index in [1.807, 2.05) is 47.5 Å². The van der Waals surface area contributed by atoms with Gasteiger partial charge in [-0.1, -0.05) is 38.1 Å². The van der Waals surface area contributed by atoms with Crippen molar-refractivity contribution in [1.82, 2.24) is 10.3 Å². The number of amides is 1. The normalized spacial score (nSPS) is 10.9. The highest BCUT2D eigenvalue weighted by atomic mass is 32.2. The maximum absolute atomic E-state index is 12.3. The van der Waals surface area contributed by atoms with E-state index in [-0.39, 0.29) is 5.91 Å². The highest BCUT2D eigenvalue weighted by molar-refractivity contribution is 7.99. The standard InChI is InChI=1S/C21H22N2OS2/c1-15(2)26-18-9-7-16(8-10-18)13-20(24)23-14-17-5-3-11-22-21(17)19-6-4-12-25-19/h3-12,15H,13-14H2,1-2H3,(H,23,24). The van der Waals surface area contributed by atoms with E-state index in [9.17, 15) is 4.79 Å². The quantitative estimate of drug-likeness (QED) is 0.573. The molecule has 0 spiro atoms. The summed E-state index contributed by atoms with van der Waals surface area (Å²) in [5.41, 5.74) is 3.00. The van der Waals surface area contributed by atoms with E-state index >= 15 is 0 Å². The first-order valence-electron chi connectivity index (χ1n) is 8.62. The average Bonchev–Trinajstić information content (AvgIpc) is 3.16. The Hall–Kier alpha value is -2.11. The van der Waals surface area contributed by atoms with Gasteiger partial charge in [0.05, 0.1) is 17.0 Å². The SMILES string of the molecule is CC(C)Sc1ccc(CC(=O)NCc2cccnc2-c2cccs2)cc1. The van der Waals surface area contributed by atoms with E-state index in [2.05, 4.69) is 42.3 Å². The number of aromatic nitrogens is 1. The van der Waals surface area contributed by atoms with E-state index in [1.165, 1.54) is 4.90 Å². The number of thioether (sulfide) groups is 1. The van der Waals surface area contributed by atoms with E-state index in [1.54, 1.807) is 17.5 Å². The maximum atomic E-state index is 12.3. The summed E-state index contributed by atoms with van der Waals surface area (Å²) >= 11 is 3.48. The second-order valence-electron chi connectivity index (χ2n) is 6.25. The van der Waals surface area contributed by atoms with Crippen LogP contribution in [0.2, 0.25) is 0 Å². The van der Waals surface area contributed by atoms with Gasteiger partial charge in [0, 0.05) is 22.9 Å². The molecule has 1 N–H and O–H groups in total. The van der Waals surface area contributed by atoms with Gasteiger partial charge in [0.15, 0.2) is 0 Å². The lowest BCUT2D eigenvalue weighted by Gasteiger charge is -2.09. The van der Waals surface area contributed by atoms with Crippen molar-refractivity contribution in [2.24, 2.45) is 0 Å². The van der Waals surface area contributed by atoms with Crippen LogP contribution in [0, 0.1) is 0 Å². The molecule has 0 radical (unpaired) electrons. The van der Waals surface area contributed by atoms with Gasteiger partial charge in [0.1, 0.15) is 0 Å². The minimum Gasteiger partial charge on any atom is -0.352 e. The van der Waals surface area contributed by atoms with Gasteiger partial charge in [-0.2, -0.15) is 0 Å². The predicted molar refractivity (Wildman–Crippen MR) is 111 cm³/mol. The Bertz CT molecular complexity index is 843. The molecule has 134 valence electrons. The summed E-state index contributed by atoms with van der Waals surface area (Å²) in [5.74, 6) is 0.0234. The topological polar surface area (TPSA) is 42.0 Å². The number of benzene rings is 1. The Balaban J connectivity index is 1.58. The van der Waals surface area contributed by atoms with Gasteiger partial charge in [-0.25, -0.2) is 0 Å². The van der Waals surface area contributed by atoms with E-state index in [0.717, 1.165) is 21.7 Å². The number of nitrogens with zero attached hydrogens (tertiary/aromatic N) is 1. The van der Waals surface area contributed by atoms with Crippen LogP contribution in [-0.2, 0) is 17.8 Å². The summed E-state index contributed by atoms with van der Waals surface area (Å²) in [5, 5.41) is 5.61. The van der Waals surface area contributed by atoms with Gasteiger partial charge in [0.25, 0.3) is 0 Å². The minimum atomic E-state index is 0.0234. The summed E-state index contributed by atoms with van der Waals surface area (Å²) in [4.78, 5) is 19.1. The molecule has 0 fully saturated rings. The number of thiophene rings is 1. The zero-order chi connectivity index (χ0) is 18.4. The van der Waals surface area contributed by atoms with Crippen molar-refractivity contribution in [2.45, 2.75) is 37.0 Å². The Kier molecular flexibility index (Phi) is 6.47. The van der Waals surface area contributed by atoms with Crippen molar-refractivity contribution in [3.05, 3.63) is 71.2 Å². The van der Waals surface area contributed by atoms with Crippen LogP contribution in [-0.4, -0.2) is 16.1 Å². The molecule has 0 saturated carbocycles. The molecule has 0 aliphatic rings. The molecule has 0 unspecified atom stereocenters. The van der Waals surface area contributed by atoms with Crippen LogP contribution in [0.5, 0.6) is 0 Å². The van der Waals surface area contributed by atoms with Crippen molar-refractivity contribution in [1.29, 1.82) is 0 Å². The smallest absolute Gasteiger partial charge is 0.224 e. The van der Waals surface area contributed by atoms with Gasteiger partial charge >= 0.3 is 0 Å². The Morgan fingerprint density at radius 3 is 2.65 bits per heavy atom. The molecule has 1 aromatic carbocycles. The van der Waals surface area contributed by atoms with Crippen molar-refractivity contribution < 1.29 is 4.79 Å². The first-order valence-corrected chi connectivity index (χ1v) is 10.4. The summed E-state index contributed by atoms with van der Waals surface area (Å²) in [6, 6.07) is 16.2. The Morgan fingerprint density at radius 2 is 1.96 bits per heavy atom. The molecular weight excluding hydrogens is 360 g/mol. The number of carbonyl (C=O) groups excluding carboxylic acids is 1. The highest BCUT2D eigenvalue weighted by Gasteiger charge is 2.09. The number of hydrogen-bond donors (Lipinski definition) is 1. The second-order valence-corrected chi connectivity index (χ2v) is 8.85. The number of hydrogen-bond acceptors (Lipinski definition) is 4. The number of pyridine rings is 1. The third kappa shape index (κ3) is 5.19. The van der Waals surface area contributed by atoms with Crippen molar-refractivity contribution in [3.8, 4) is 10.6 Å². The molecule has 1 amide bonds. The molecule has 2 heterocycles. The summed E-state index contributed by atoms with van der Waals surface area (Å²) in [6.07, 6.45) is 2.18. The largest absolute Gasteiger partial charge is 0.352 e. The fourth-order valence-corrected chi connectivity index (χ4v) is 4.21. The zero-order valence-electron chi connectivity index (χ0n) is 14.9. The van der Waals surface area contributed by atoms with E-state index in [0.29, 0.717) is 18.2 Å². The lowest BCUT2D eigenvalue weighted by atomic mass is 10.1. The van der Waals surface area contributed by atoms with Gasteiger partial charge in [0.2, 0.25) is 5.91 Å². The van der Waals surface area contributed by atoms with Gasteiger partial charge in [-0.15, -0.1) is 23.1 Å². The van der Waals surface area contributed by atoms with Gasteiger partial charge in [-0.3, -0.25) is 9.78 Å². The monoisotopic (exact) mass is 382 g/mol. The van der Waals surface area contributed by atoms with E-state index < -0.39 is 0 Å². The van der Waals surface area contributed by atoms with Crippen molar-refractivity contribution >= 4 is 29.0 Å². The summed E-state index contributed by atoms with van der Waals surface area (Å²) in [6.45, 7) is 4.84. The van der Waals surface area contributed by atoms with Crippen molar-refractivity contribution in [2.75, 3.05) is 0 Å². The molecule has 26 heavy (non-hydrogen) atoms. The molecule has 0 bridgehead atoms. The minimum absolute atomic E-state index is 0.0234. The lowest BCUT2D eigenvalue weighted by molar-refractivity contribution is -0.120. The van der Waals surface area contributed by atoms with Gasteiger partial charge in [-0.05, 0) is 40.8 Å². The highest BCUT2D eigenvalue weighted by Crippen LogP contribution is 2.26. The van der Waals surface area contributed by atoms with Crippen molar-refractivity contribution in [3.63, 3.8) is 0 Å². The molecule has 5 heteroatoms. The van der Waals surface area contributed by atoms with Crippen LogP contribution in [0.15, 0.2) is 65.0 Å². The number of carbonyl (C=O) groups is 1. The van der Waals surface area contributed by atoms with Gasteiger partial charge < -0.3 is 5.32 Å².